The Morgan fingerprint density at radius 1 is 0.838 bits per heavy atom. The monoisotopic (exact) mass is 513 g/mol. The first-order chi connectivity index (χ1) is 18.0. The second-order valence-electron chi connectivity index (χ2n) is 7.92. The number of anilines is 1. The second-order valence-corrected chi connectivity index (χ2v) is 8.36. The Morgan fingerprint density at radius 2 is 1.51 bits per heavy atom. The number of amides is 2. The molecule has 0 spiro atoms. The van der Waals surface area contributed by atoms with E-state index in [2.05, 4.69) is 15.8 Å². The number of rotatable bonds is 9. The van der Waals surface area contributed by atoms with Gasteiger partial charge in [0.25, 0.3) is 11.8 Å². The molecule has 0 aromatic heterocycles. The lowest BCUT2D eigenvalue weighted by atomic mass is 10.1. The summed E-state index contributed by atoms with van der Waals surface area (Å²) in [6.45, 7) is 0.421. The molecule has 7 nitrogen and oxygen atoms in total. The minimum absolute atomic E-state index is 0.273. The molecule has 0 unspecified atom stereocenters. The van der Waals surface area contributed by atoms with E-state index in [0.29, 0.717) is 39.9 Å². The Bertz CT molecular complexity index is 1390. The van der Waals surface area contributed by atoms with Gasteiger partial charge in [-0.2, -0.15) is 5.10 Å². The Balaban J connectivity index is 1.31. The molecule has 0 heterocycles. The van der Waals surface area contributed by atoms with Crippen LogP contribution in [-0.2, 0) is 6.61 Å². The topological polar surface area (TPSA) is 89.0 Å². The zero-order valence-electron chi connectivity index (χ0n) is 20.0. The van der Waals surface area contributed by atoms with E-state index in [4.69, 9.17) is 21.1 Å². The van der Waals surface area contributed by atoms with Gasteiger partial charge in [0.2, 0.25) is 0 Å². The number of nitrogens with zero attached hydrogens (tertiary/aromatic N) is 1. The summed E-state index contributed by atoms with van der Waals surface area (Å²) in [5.41, 5.74) is 5.70. The lowest BCUT2D eigenvalue weighted by Gasteiger charge is -2.11. The number of nitrogens with one attached hydrogen (secondary N) is 2. The van der Waals surface area contributed by atoms with E-state index >= 15 is 0 Å². The van der Waals surface area contributed by atoms with Crippen molar-refractivity contribution in [2.24, 2.45) is 5.10 Å². The molecule has 0 bridgehead atoms. The van der Waals surface area contributed by atoms with Gasteiger partial charge in [0.1, 0.15) is 6.61 Å². The Hall–Kier alpha value is -4.62. The highest BCUT2D eigenvalue weighted by Gasteiger charge is 2.09. The second kappa shape index (κ2) is 12.4. The van der Waals surface area contributed by atoms with E-state index < -0.39 is 0 Å². The average molecular weight is 514 g/mol. The largest absolute Gasteiger partial charge is 0.493 e. The summed E-state index contributed by atoms with van der Waals surface area (Å²) < 4.78 is 11.3. The van der Waals surface area contributed by atoms with Crippen LogP contribution in [0.1, 0.15) is 31.8 Å². The van der Waals surface area contributed by atoms with Gasteiger partial charge >= 0.3 is 0 Å². The molecule has 186 valence electrons. The fourth-order valence-electron chi connectivity index (χ4n) is 3.36. The minimum atomic E-state index is -0.387. The molecule has 0 atom stereocenters. The molecular formula is C29H24ClN3O4. The van der Waals surface area contributed by atoms with Gasteiger partial charge in [0.15, 0.2) is 11.5 Å². The van der Waals surface area contributed by atoms with Crippen molar-refractivity contribution < 1.29 is 19.1 Å². The molecule has 37 heavy (non-hydrogen) atoms. The van der Waals surface area contributed by atoms with E-state index in [1.54, 1.807) is 67.8 Å². The Labute approximate surface area is 219 Å². The van der Waals surface area contributed by atoms with Crippen molar-refractivity contribution in [2.75, 3.05) is 12.4 Å². The van der Waals surface area contributed by atoms with Crippen molar-refractivity contribution in [3.05, 3.63) is 124 Å². The lowest BCUT2D eigenvalue weighted by Crippen LogP contribution is -2.18. The van der Waals surface area contributed by atoms with E-state index in [-0.39, 0.29) is 11.8 Å². The Morgan fingerprint density at radius 3 is 2.22 bits per heavy atom. The van der Waals surface area contributed by atoms with Crippen LogP contribution >= 0.6 is 11.6 Å². The summed E-state index contributed by atoms with van der Waals surface area (Å²) in [6, 6.07) is 28.3. The number of hydrogen-bond acceptors (Lipinski definition) is 5. The van der Waals surface area contributed by atoms with Gasteiger partial charge in [0.05, 0.1) is 13.3 Å². The molecule has 4 rings (SSSR count). The van der Waals surface area contributed by atoms with Crippen LogP contribution in [-0.4, -0.2) is 25.1 Å². The molecule has 0 radical (unpaired) electrons. The summed E-state index contributed by atoms with van der Waals surface area (Å²) in [5.74, 6) is 0.505. The third-order valence-corrected chi connectivity index (χ3v) is 5.57. The predicted molar refractivity (Wildman–Crippen MR) is 145 cm³/mol. The molecule has 0 saturated carbocycles. The lowest BCUT2D eigenvalue weighted by molar-refractivity contribution is 0.0954. The van der Waals surface area contributed by atoms with Gasteiger partial charge in [-0.15, -0.1) is 0 Å². The van der Waals surface area contributed by atoms with Crippen LogP contribution < -0.4 is 20.2 Å². The third-order valence-electron chi connectivity index (χ3n) is 5.32. The molecule has 0 fully saturated rings. The van der Waals surface area contributed by atoms with Crippen LogP contribution in [0.5, 0.6) is 11.5 Å². The molecule has 8 heteroatoms. The van der Waals surface area contributed by atoms with Crippen LogP contribution in [0.4, 0.5) is 5.69 Å². The SMILES string of the molecule is COc1cc(/C=N\NC(=O)c2ccc(NC(=O)c3ccc(Cl)cc3)cc2)ccc1OCc1ccccc1. The van der Waals surface area contributed by atoms with E-state index in [0.717, 1.165) is 11.1 Å². The van der Waals surface area contributed by atoms with E-state index in [1.165, 1.54) is 6.21 Å². The fraction of sp³-hybridized carbons (Fsp3) is 0.0690. The smallest absolute Gasteiger partial charge is 0.271 e. The van der Waals surface area contributed by atoms with Crippen molar-refractivity contribution in [3.8, 4) is 11.5 Å². The van der Waals surface area contributed by atoms with Gasteiger partial charge in [-0.25, -0.2) is 5.43 Å². The number of methoxy groups -OCH3 is 1. The number of halogens is 1. The maximum atomic E-state index is 12.4. The molecule has 2 amide bonds. The summed E-state index contributed by atoms with van der Waals surface area (Å²) in [4.78, 5) is 24.8. The summed E-state index contributed by atoms with van der Waals surface area (Å²) in [5, 5.41) is 7.36. The predicted octanol–water partition coefficient (Wildman–Crippen LogP) is 5.94. The van der Waals surface area contributed by atoms with Gasteiger partial charge in [0, 0.05) is 21.8 Å². The number of ether oxygens (including phenoxy) is 2. The van der Waals surface area contributed by atoms with Gasteiger partial charge in [-0.1, -0.05) is 41.9 Å². The van der Waals surface area contributed by atoms with Crippen LogP contribution in [0.25, 0.3) is 0 Å². The third kappa shape index (κ3) is 7.19. The standard InChI is InChI=1S/C29H24ClN3O4/c1-36-27-17-21(7-16-26(27)37-19-20-5-3-2-4-6-20)18-31-33-29(35)23-10-14-25(15-11-23)32-28(34)22-8-12-24(30)13-9-22/h2-18H,19H2,1H3,(H,32,34)(H,33,35)/b31-18-. The molecular weight excluding hydrogens is 490 g/mol. The maximum Gasteiger partial charge on any atom is 0.271 e. The van der Waals surface area contributed by atoms with Gasteiger partial charge in [-0.3, -0.25) is 9.59 Å². The molecule has 0 aliphatic rings. The maximum absolute atomic E-state index is 12.4. The molecule has 4 aromatic rings. The van der Waals surface area contributed by atoms with Crippen molar-refractivity contribution in [3.63, 3.8) is 0 Å². The van der Waals surface area contributed by atoms with Gasteiger partial charge < -0.3 is 14.8 Å². The number of carbonyl (C=O) groups is 2. The number of hydrogen-bond donors (Lipinski definition) is 2. The highest BCUT2D eigenvalue weighted by atomic mass is 35.5. The summed E-state index contributed by atoms with van der Waals surface area (Å²) in [7, 11) is 1.56. The number of hydrazone groups is 1. The number of benzene rings is 4. The first-order valence-corrected chi connectivity index (χ1v) is 11.7. The highest BCUT2D eigenvalue weighted by molar-refractivity contribution is 6.30. The molecule has 4 aromatic carbocycles. The first kappa shape index (κ1) is 25.5. The van der Waals surface area contributed by atoms with Crippen LogP contribution in [0.15, 0.2) is 102 Å². The quantitative estimate of drug-likeness (QED) is 0.214. The first-order valence-electron chi connectivity index (χ1n) is 11.4. The zero-order chi connectivity index (χ0) is 26.0. The molecule has 0 aliphatic carbocycles. The Kier molecular flexibility index (Phi) is 8.52. The van der Waals surface area contributed by atoms with E-state index in [9.17, 15) is 9.59 Å². The molecule has 0 saturated heterocycles. The number of carbonyl (C=O) groups excluding carboxylic acids is 2. The van der Waals surface area contributed by atoms with E-state index in [1.807, 2.05) is 36.4 Å². The van der Waals surface area contributed by atoms with Crippen molar-refractivity contribution in [1.29, 1.82) is 0 Å². The van der Waals surface area contributed by atoms with Crippen molar-refractivity contribution in [2.45, 2.75) is 6.61 Å². The molecule has 2 N–H and O–H groups in total. The minimum Gasteiger partial charge on any atom is -0.493 e. The van der Waals surface area contributed by atoms with Crippen molar-refractivity contribution in [1.82, 2.24) is 5.43 Å². The van der Waals surface area contributed by atoms with Crippen molar-refractivity contribution >= 4 is 35.3 Å². The summed E-state index contributed by atoms with van der Waals surface area (Å²) >= 11 is 5.86. The average Bonchev–Trinajstić information content (AvgIpc) is 2.93. The molecule has 0 aliphatic heterocycles. The van der Waals surface area contributed by atoms with Gasteiger partial charge in [-0.05, 0) is 77.9 Å². The highest BCUT2D eigenvalue weighted by Crippen LogP contribution is 2.28. The summed E-state index contributed by atoms with van der Waals surface area (Å²) in [6.07, 6.45) is 1.52. The van der Waals surface area contributed by atoms with Crippen LogP contribution in [0, 0.1) is 0 Å². The van der Waals surface area contributed by atoms with Crippen LogP contribution in [0.3, 0.4) is 0 Å². The van der Waals surface area contributed by atoms with Crippen LogP contribution in [0.2, 0.25) is 5.02 Å². The normalized spacial score (nSPS) is 10.6. The zero-order valence-corrected chi connectivity index (χ0v) is 20.7. The fourth-order valence-corrected chi connectivity index (χ4v) is 3.48.